The topological polar surface area (TPSA) is 12.0 Å². The van der Waals surface area contributed by atoms with E-state index in [0.717, 1.165) is 6.04 Å². The molecule has 1 aromatic heterocycles. The minimum absolute atomic E-state index is 0.649. The summed E-state index contributed by atoms with van der Waals surface area (Å²) in [5.41, 5.74) is 0. The molecule has 1 N–H and O–H groups in total. The summed E-state index contributed by atoms with van der Waals surface area (Å²) in [5.74, 6) is 0. The summed E-state index contributed by atoms with van der Waals surface area (Å²) in [6.07, 6.45) is 3.96. The number of hydrogen-bond donors (Lipinski definition) is 1. The van der Waals surface area contributed by atoms with Gasteiger partial charge in [0.15, 0.2) is 0 Å². The highest BCUT2D eigenvalue weighted by molar-refractivity contribution is 7.09. The van der Waals surface area contributed by atoms with Crippen LogP contribution in [0.15, 0.2) is 17.5 Å². The molecule has 1 aliphatic carbocycles. The lowest BCUT2D eigenvalue weighted by molar-refractivity contribution is 0.546. The maximum atomic E-state index is 3.60. The summed E-state index contributed by atoms with van der Waals surface area (Å²) in [4.78, 5) is 1.50. The van der Waals surface area contributed by atoms with Gasteiger partial charge in [-0.3, -0.25) is 0 Å². The molecular weight excluding hydrogens is 166 g/mol. The predicted molar refractivity (Wildman–Crippen MR) is 53.6 cm³/mol. The van der Waals surface area contributed by atoms with E-state index in [1.54, 1.807) is 0 Å². The molecule has 0 radical (unpaired) electrons. The third-order valence-corrected chi connectivity index (χ3v) is 3.08. The van der Waals surface area contributed by atoms with Crippen LogP contribution in [0, 0.1) is 0 Å². The van der Waals surface area contributed by atoms with Crippen molar-refractivity contribution in [3.05, 3.63) is 22.4 Å². The third kappa shape index (κ3) is 2.32. The van der Waals surface area contributed by atoms with Crippen LogP contribution in [0.4, 0.5) is 0 Å². The molecule has 0 spiro atoms. The van der Waals surface area contributed by atoms with Gasteiger partial charge in [-0.1, -0.05) is 6.07 Å². The second-order valence-corrected chi connectivity index (χ2v) is 4.66. The smallest absolute Gasteiger partial charge is 0.00896 e. The van der Waals surface area contributed by atoms with Gasteiger partial charge in [0.1, 0.15) is 0 Å². The summed E-state index contributed by atoms with van der Waals surface area (Å²) in [6, 6.07) is 5.83. The van der Waals surface area contributed by atoms with Crippen molar-refractivity contribution in [3.8, 4) is 0 Å². The standard InChI is InChI=1S/C10H15NS/c1-8(11-9-4-5-9)7-10-3-2-6-12-10/h2-3,6,8-9,11H,4-5,7H2,1H3. The fourth-order valence-electron chi connectivity index (χ4n) is 1.44. The Labute approximate surface area is 77.8 Å². The molecular formula is C10H15NS. The monoisotopic (exact) mass is 181 g/mol. The summed E-state index contributed by atoms with van der Waals surface area (Å²) in [6.45, 7) is 2.28. The van der Waals surface area contributed by atoms with E-state index in [2.05, 4.69) is 29.8 Å². The van der Waals surface area contributed by atoms with E-state index in [9.17, 15) is 0 Å². The van der Waals surface area contributed by atoms with Crippen LogP contribution in [0.5, 0.6) is 0 Å². The van der Waals surface area contributed by atoms with E-state index in [1.807, 2.05) is 11.3 Å². The normalized spacial score (nSPS) is 19.4. The van der Waals surface area contributed by atoms with Gasteiger partial charge in [0, 0.05) is 17.0 Å². The van der Waals surface area contributed by atoms with Crippen LogP contribution in [-0.2, 0) is 6.42 Å². The van der Waals surface area contributed by atoms with E-state index in [0.29, 0.717) is 6.04 Å². The maximum absolute atomic E-state index is 3.60. The van der Waals surface area contributed by atoms with Crippen molar-refractivity contribution in [2.45, 2.75) is 38.3 Å². The second-order valence-electron chi connectivity index (χ2n) is 3.63. The highest BCUT2D eigenvalue weighted by atomic mass is 32.1. The molecule has 1 atom stereocenters. The largest absolute Gasteiger partial charge is 0.311 e. The fraction of sp³-hybridized carbons (Fsp3) is 0.600. The lowest BCUT2D eigenvalue weighted by Crippen LogP contribution is -2.29. The van der Waals surface area contributed by atoms with Gasteiger partial charge in [-0.2, -0.15) is 0 Å². The first-order chi connectivity index (χ1) is 5.84. The zero-order valence-electron chi connectivity index (χ0n) is 7.42. The molecule has 2 rings (SSSR count). The molecule has 0 amide bonds. The van der Waals surface area contributed by atoms with E-state index in [-0.39, 0.29) is 0 Å². The Morgan fingerprint density at radius 3 is 3.08 bits per heavy atom. The van der Waals surface area contributed by atoms with E-state index >= 15 is 0 Å². The van der Waals surface area contributed by atoms with Crippen molar-refractivity contribution < 1.29 is 0 Å². The molecule has 0 saturated heterocycles. The van der Waals surface area contributed by atoms with Crippen LogP contribution in [0.1, 0.15) is 24.6 Å². The lowest BCUT2D eigenvalue weighted by Gasteiger charge is -2.11. The molecule has 1 heterocycles. The number of rotatable bonds is 4. The molecule has 2 heteroatoms. The molecule has 1 unspecified atom stereocenters. The van der Waals surface area contributed by atoms with Crippen molar-refractivity contribution >= 4 is 11.3 Å². The minimum atomic E-state index is 0.649. The van der Waals surface area contributed by atoms with Gasteiger partial charge < -0.3 is 5.32 Å². The highest BCUT2D eigenvalue weighted by Gasteiger charge is 2.22. The fourth-order valence-corrected chi connectivity index (χ4v) is 2.28. The molecule has 12 heavy (non-hydrogen) atoms. The van der Waals surface area contributed by atoms with Crippen LogP contribution < -0.4 is 5.32 Å². The molecule has 1 saturated carbocycles. The van der Waals surface area contributed by atoms with Gasteiger partial charge >= 0.3 is 0 Å². The molecule has 0 bridgehead atoms. The van der Waals surface area contributed by atoms with E-state index < -0.39 is 0 Å². The molecule has 1 aromatic rings. The minimum Gasteiger partial charge on any atom is -0.311 e. The van der Waals surface area contributed by atoms with Crippen LogP contribution in [0.3, 0.4) is 0 Å². The quantitative estimate of drug-likeness (QED) is 0.752. The summed E-state index contributed by atoms with van der Waals surface area (Å²) in [5, 5.41) is 5.75. The molecule has 0 aliphatic heterocycles. The van der Waals surface area contributed by atoms with Gasteiger partial charge in [-0.15, -0.1) is 11.3 Å². The Bertz CT molecular complexity index is 226. The Hall–Kier alpha value is -0.340. The van der Waals surface area contributed by atoms with Crippen LogP contribution in [0.2, 0.25) is 0 Å². The first kappa shape index (κ1) is 8.27. The van der Waals surface area contributed by atoms with Crippen LogP contribution in [0.25, 0.3) is 0 Å². The first-order valence-electron chi connectivity index (χ1n) is 4.63. The van der Waals surface area contributed by atoms with Gasteiger partial charge in [-0.25, -0.2) is 0 Å². The van der Waals surface area contributed by atoms with Crippen LogP contribution >= 0.6 is 11.3 Å². The maximum Gasteiger partial charge on any atom is 0.00896 e. The second kappa shape index (κ2) is 3.58. The summed E-state index contributed by atoms with van der Waals surface area (Å²) < 4.78 is 0. The van der Waals surface area contributed by atoms with Crippen LogP contribution in [-0.4, -0.2) is 12.1 Å². The number of thiophene rings is 1. The zero-order chi connectivity index (χ0) is 8.39. The Morgan fingerprint density at radius 2 is 2.50 bits per heavy atom. The van der Waals surface area contributed by atoms with Crippen molar-refractivity contribution in [1.29, 1.82) is 0 Å². The molecule has 1 aliphatic rings. The van der Waals surface area contributed by atoms with Gasteiger partial charge in [-0.05, 0) is 37.6 Å². The van der Waals surface area contributed by atoms with Crippen molar-refractivity contribution in [3.63, 3.8) is 0 Å². The Kier molecular flexibility index (Phi) is 2.47. The summed E-state index contributed by atoms with van der Waals surface area (Å²) >= 11 is 1.86. The third-order valence-electron chi connectivity index (χ3n) is 2.19. The van der Waals surface area contributed by atoms with Crippen molar-refractivity contribution in [2.24, 2.45) is 0 Å². The van der Waals surface area contributed by atoms with E-state index in [1.165, 1.54) is 24.1 Å². The zero-order valence-corrected chi connectivity index (χ0v) is 8.23. The molecule has 0 aromatic carbocycles. The summed E-state index contributed by atoms with van der Waals surface area (Å²) in [7, 11) is 0. The van der Waals surface area contributed by atoms with Crippen molar-refractivity contribution in [2.75, 3.05) is 0 Å². The van der Waals surface area contributed by atoms with E-state index in [4.69, 9.17) is 0 Å². The molecule has 1 nitrogen and oxygen atoms in total. The molecule has 1 fully saturated rings. The SMILES string of the molecule is CC(Cc1cccs1)NC1CC1. The Balaban J connectivity index is 1.77. The number of hydrogen-bond acceptors (Lipinski definition) is 2. The van der Waals surface area contributed by atoms with Gasteiger partial charge in [0.2, 0.25) is 0 Å². The Morgan fingerprint density at radius 1 is 1.67 bits per heavy atom. The lowest BCUT2D eigenvalue weighted by atomic mass is 10.2. The predicted octanol–water partition coefficient (Wildman–Crippen LogP) is 2.43. The first-order valence-corrected chi connectivity index (χ1v) is 5.51. The average molecular weight is 181 g/mol. The number of nitrogens with one attached hydrogen (secondary N) is 1. The highest BCUT2D eigenvalue weighted by Crippen LogP contribution is 2.20. The van der Waals surface area contributed by atoms with Gasteiger partial charge in [0.05, 0.1) is 0 Å². The molecule has 66 valence electrons. The van der Waals surface area contributed by atoms with Crippen molar-refractivity contribution in [1.82, 2.24) is 5.32 Å². The average Bonchev–Trinajstić information content (AvgIpc) is 2.66. The van der Waals surface area contributed by atoms with Gasteiger partial charge in [0.25, 0.3) is 0 Å².